The van der Waals surface area contributed by atoms with Gasteiger partial charge in [-0.3, -0.25) is 23.9 Å². The summed E-state index contributed by atoms with van der Waals surface area (Å²) in [6.07, 6.45) is 0.889. The van der Waals surface area contributed by atoms with Crippen LogP contribution in [0.25, 0.3) is 0 Å². The predicted molar refractivity (Wildman–Crippen MR) is 118 cm³/mol. The van der Waals surface area contributed by atoms with E-state index in [0.29, 0.717) is 46.9 Å². The molecular formula is C24H21N3O3S. The minimum Gasteiger partial charge on any atom is -0.287 e. The van der Waals surface area contributed by atoms with Crippen molar-refractivity contribution in [1.82, 2.24) is 14.5 Å². The summed E-state index contributed by atoms with van der Waals surface area (Å²) in [5.41, 5.74) is 2.81. The highest BCUT2D eigenvalue weighted by Gasteiger charge is 2.41. The van der Waals surface area contributed by atoms with Gasteiger partial charge in [0, 0.05) is 24.3 Å². The zero-order chi connectivity index (χ0) is 21.5. The minimum absolute atomic E-state index is 0.0797. The highest BCUT2D eigenvalue weighted by atomic mass is 32.2. The largest absolute Gasteiger partial charge is 0.287 e. The molecule has 0 fully saturated rings. The number of amides is 2. The van der Waals surface area contributed by atoms with Gasteiger partial charge in [0.25, 0.3) is 17.4 Å². The Kier molecular flexibility index (Phi) is 4.98. The van der Waals surface area contributed by atoms with Crippen molar-refractivity contribution in [1.29, 1.82) is 0 Å². The number of benzene rings is 2. The second-order valence-corrected chi connectivity index (χ2v) is 8.74. The molecule has 2 aliphatic rings. The van der Waals surface area contributed by atoms with Crippen LogP contribution in [0, 0.1) is 0 Å². The molecule has 0 N–H and O–H groups in total. The molecule has 1 unspecified atom stereocenters. The quantitative estimate of drug-likeness (QED) is 0.455. The molecule has 0 bridgehead atoms. The van der Waals surface area contributed by atoms with Gasteiger partial charge in [0.15, 0.2) is 5.16 Å². The van der Waals surface area contributed by atoms with Crippen molar-refractivity contribution in [2.24, 2.45) is 0 Å². The van der Waals surface area contributed by atoms with Crippen LogP contribution in [0.4, 0.5) is 0 Å². The maximum Gasteiger partial charge on any atom is 0.262 e. The van der Waals surface area contributed by atoms with Crippen molar-refractivity contribution >= 4 is 23.6 Å². The van der Waals surface area contributed by atoms with Gasteiger partial charge >= 0.3 is 0 Å². The molecule has 6 nitrogen and oxygen atoms in total. The number of imide groups is 1. The Morgan fingerprint density at radius 2 is 1.61 bits per heavy atom. The summed E-state index contributed by atoms with van der Waals surface area (Å²) in [7, 11) is 0. The van der Waals surface area contributed by atoms with Gasteiger partial charge in [0.05, 0.1) is 22.9 Å². The van der Waals surface area contributed by atoms with Crippen LogP contribution in [-0.4, -0.2) is 32.0 Å². The van der Waals surface area contributed by atoms with E-state index < -0.39 is 6.04 Å². The SMILES string of the molecule is CCC(c1nc2n(c(=O)c1Cc1ccccc1)CCS2)N1C(=O)c2ccccc2C1=O. The lowest BCUT2D eigenvalue weighted by Crippen LogP contribution is -2.37. The maximum absolute atomic E-state index is 13.4. The number of hydrogen-bond acceptors (Lipinski definition) is 5. The first-order valence-electron chi connectivity index (χ1n) is 10.4. The van der Waals surface area contributed by atoms with Gasteiger partial charge in [0.1, 0.15) is 0 Å². The van der Waals surface area contributed by atoms with Crippen molar-refractivity contribution in [3.63, 3.8) is 0 Å². The lowest BCUT2D eigenvalue weighted by atomic mass is 9.98. The van der Waals surface area contributed by atoms with Crippen molar-refractivity contribution in [2.45, 2.75) is 37.5 Å². The summed E-state index contributed by atoms with van der Waals surface area (Å²) in [5, 5.41) is 0.659. The molecule has 7 heteroatoms. The van der Waals surface area contributed by atoms with E-state index in [2.05, 4.69) is 0 Å². The summed E-state index contributed by atoms with van der Waals surface area (Å²) in [4.78, 5) is 45.9. The van der Waals surface area contributed by atoms with Gasteiger partial charge in [-0.15, -0.1) is 0 Å². The molecule has 1 atom stereocenters. The Morgan fingerprint density at radius 1 is 0.968 bits per heavy atom. The number of hydrogen-bond donors (Lipinski definition) is 0. The number of thioether (sulfide) groups is 1. The fourth-order valence-corrected chi connectivity index (χ4v) is 5.31. The van der Waals surface area contributed by atoms with E-state index in [1.54, 1.807) is 28.8 Å². The first-order chi connectivity index (χ1) is 15.1. The average Bonchev–Trinajstić information content (AvgIpc) is 3.37. The molecule has 3 aromatic rings. The average molecular weight is 432 g/mol. The third-order valence-electron chi connectivity index (χ3n) is 5.87. The van der Waals surface area contributed by atoms with E-state index in [1.807, 2.05) is 37.3 Å². The van der Waals surface area contributed by atoms with Crippen LogP contribution in [0.5, 0.6) is 0 Å². The number of carbonyl (C=O) groups excluding carboxylic acids is 2. The van der Waals surface area contributed by atoms with E-state index in [-0.39, 0.29) is 17.4 Å². The summed E-state index contributed by atoms with van der Waals surface area (Å²) in [6, 6.07) is 16.0. The van der Waals surface area contributed by atoms with E-state index >= 15 is 0 Å². The molecule has 0 spiro atoms. The minimum atomic E-state index is -0.592. The lowest BCUT2D eigenvalue weighted by Gasteiger charge is -2.27. The summed E-state index contributed by atoms with van der Waals surface area (Å²) < 4.78 is 1.71. The Labute approximate surface area is 183 Å². The maximum atomic E-state index is 13.4. The molecule has 2 aromatic carbocycles. The molecule has 0 radical (unpaired) electrons. The Hall–Kier alpha value is -3.19. The van der Waals surface area contributed by atoms with Crippen LogP contribution in [0.3, 0.4) is 0 Å². The van der Waals surface area contributed by atoms with Crippen LogP contribution < -0.4 is 5.56 Å². The monoisotopic (exact) mass is 431 g/mol. The zero-order valence-electron chi connectivity index (χ0n) is 17.1. The van der Waals surface area contributed by atoms with Crippen LogP contribution in [0.15, 0.2) is 64.5 Å². The third kappa shape index (κ3) is 3.20. The molecule has 1 aromatic heterocycles. The van der Waals surface area contributed by atoms with Crippen molar-refractivity contribution in [2.75, 3.05) is 5.75 Å². The molecule has 0 saturated heterocycles. The normalized spacial score (nSPS) is 15.8. The lowest BCUT2D eigenvalue weighted by molar-refractivity contribution is 0.0572. The van der Waals surface area contributed by atoms with Crippen LogP contribution >= 0.6 is 11.8 Å². The van der Waals surface area contributed by atoms with Crippen molar-refractivity contribution in [3.8, 4) is 0 Å². The molecule has 31 heavy (non-hydrogen) atoms. The third-order valence-corrected chi connectivity index (χ3v) is 6.83. The molecule has 0 aliphatic carbocycles. The number of nitrogens with zero attached hydrogens (tertiary/aromatic N) is 3. The van der Waals surface area contributed by atoms with Crippen LogP contribution in [0.1, 0.15) is 56.9 Å². The van der Waals surface area contributed by atoms with Gasteiger partial charge in [0.2, 0.25) is 0 Å². The van der Waals surface area contributed by atoms with Gasteiger partial charge < -0.3 is 0 Å². The van der Waals surface area contributed by atoms with E-state index in [1.165, 1.54) is 16.7 Å². The topological polar surface area (TPSA) is 72.3 Å². The molecule has 3 heterocycles. The first-order valence-corrected chi connectivity index (χ1v) is 11.4. The van der Waals surface area contributed by atoms with Crippen molar-refractivity contribution in [3.05, 3.63) is 92.9 Å². The number of fused-ring (bicyclic) bond motifs is 2. The van der Waals surface area contributed by atoms with E-state index in [4.69, 9.17) is 4.98 Å². The Balaban J connectivity index is 1.65. The Morgan fingerprint density at radius 3 is 2.26 bits per heavy atom. The van der Waals surface area contributed by atoms with Crippen LogP contribution in [0.2, 0.25) is 0 Å². The molecule has 2 aliphatic heterocycles. The van der Waals surface area contributed by atoms with Gasteiger partial charge in [-0.1, -0.05) is 61.2 Å². The summed E-state index contributed by atoms with van der Waals surface area (Å²) in [5.74, 6) is 0.140. The fraction of sp³-hybridized carbons (Fsp3) is 0.250. The highest BCUT2D eigenvalue weighted by Crippen LogP contribution is 2.35. The number of aromatic nitrogens is 2. The molecule has 2 amide bonds. The number of carbonyl (C=O) groups is 2. The van der Waals surface area contributed by atoms with Gasteiger partial charge in [-0.25, -0.2) is 4.98 Å². The summed E-state index contributed by atoms with van der Waals surface area (Å²) >= 11 is 1.53. The van der Waals surface area contributed by atoms with Gasteiger partial charge in [-0.2, -0.15) is 0 Å². The smallest absolute Gasteiger partial charge is 0.262 e. The molecule has 156 valence electrons. The Bertz CT molecular complexity index is 1220. The standard InChI is InChI=1S/C24H21N3O3S/c1-2-19(27-22(29)16-10-6-7-11-17(16)23(27)30)20-18(14-15-8-4-3-5-9-15)21(28)26-12-13-31-24(26)25-20/h3-11,19H,2,12-14H2,1H3. The molecule has 5 rings (SSSR count). The molecular weight excluding hydrogens is 410 g/mol. The first kappa shape index (κ1) is 19.8. The fourth-order valence-electron chi connectivity index (χ4n) is 4.36. The summed E-state index contributed by atoms with van der Waals surface area (Å²) in [6.45, 7) is 2.54. The van der Waals surface area contributed by atoms with E-state index in [0.717, 1.165) is 11.3 Å². The van der Waals surface area contributed by atoms with Crippen LogP contribution in [-0.2, 0) is 13.0 Å². The second-order valence-electron chi connectivity index (χ2n) is 7.68. The predicted octanol–water partition coefficient (Wildman–Crippen LogP) is 3.69. The van der Waals surface area contributed by atoms with Crippen molar-refractivity contribution < 1.29 is 9.59 Å². The molecule has 0 saturated carbocycles. The number of rotatable bonds is 5. The second kappa shape index (κ2) is 7.81. The highest BCUT2D eigenvalue weighted by molar-refractivity contribution is 7.99. The van der Waals surface area contributed by atoms with E-state index in [9.17, 15) is 14.4 Å². The van der Waals surface area contributed by atoms with Gasteiger partial charge in [-0.05, 0) is 24.1 Å². The zero-order valence-corrected chi connectivity index (χ0v) is 17.9.